The highest BCUT2D eigenvalue weighted by Crippen LogP contribution is 2.35. The quantitative estimate of drug-likeness (QED) is 0.844. The monoisotopic (exact) mass is 266 g/mol. The lowest BCUT2D eigenvalue weighted by molar-refractivity contribution is -0.152. The molecule has 7 nitrogen and oxygen atoms in total. The van der Waals surface area contributed by atoms with Gasteiger partial charge in [0.15, 0.2) is 5.69 Å². The Morgan fingerprint density at radius 1 is 1.58 bits per heavy atom. The van der Waals surface area contributed by atoms with Gasteiger partial charge >= 0.3 is 5.97 Å². The third kappa shape index (κ3) is 2.59. The molecule has 1 atom stereocenters. The van der Waals surface area contributed by atoms with Gasteiger partial charge in [-0.25, -0.2) is 0 Å². The minimum Gasteiger partial charge on any atom is -0.481 e. The van der Waals surface area contributed by atoms with E-state index in [9.17, 15) is 14.7 Å². The maximum Gasteiger partial charge on any atom is 0.311 e. The fourth-order valence-corrected chi connectivity index (χ4v) is 2.74. The molecule has 1 aromatic heterocycles. The number of rotatable bonds is 4. The molecule has 104 valence electrons. The zero-order valence-corrected chi connectivity index (χ0v) is 10.9. The molecule has 19 heavy (non-hydrogen) atoms. The number of carbonyl (C=O) groups is 2. The highest BCUT2D eigenvalue weighted by Gasteiger charge is 2.43. The number of amides is 1. The van der Waals surface area contributed by atoms with Crippen molar-refractivity contribution in [2.45, 2.75) is 32.6 Å². The average Bonchev–Trinajstić information content (AvgIpc) is 2.92. The summed E-state index contributed by atoms with van der Waals surface area (Å²) in [7, 11) is 0. The van der Waals surface area contributed by atoms with Crippen LogP contribution in [0.2, 0.25) is 0 Å². The summed E-state index contributed by atoms with van der Waals surface area (Å²) >= 11 is 0. The molecule has 1 fully saturated rings. The number of carboxylic acids is 1. The van der Waals surface area contributed by atoms with Crippen LogP contribution < -0.4 is 0 Å². The van der Waals surface area contributed by atoms with Crippen LogP contribution in [0.4, 0.5) is 0 Å². The average molecular weight is 266 g/mol. The predicted octanol–water partition coefficient (Wildman–Crippen LogP) is 0.912. The van der Waals surface area contributed by atoms with Gasteiger partial charge < -0.3 is 10.0 Å². The molecule has 0 aliphatic carbocycles. The molecule has 7 heteroatoms. The highest BCUT2D eigenvalue weighted by atomic mass is 16.4. The van der Waals surface area contributed by atoms with Crippen molar-refractivity contribution in [2.24, 2.45) is 5.41 Å². The fourth-order valence-electron chi connectivity index (χ4n) is 2.74. The molecule has 2 N–H and O–H groups in total. The Kier molecular flexibility index (Phi) is 3.82. The number of hydrogen-bond acceptors (Lipinski definition) is 4. The van der Waals surface area contributed by atoms with Gasteiger partial charge in [0.05, 0.1) is 11.6 Å². The van der Waals surface area contributed by atoms with Gasteiger partial charge in [-0.2, -0.15) is 15.4 Å². The van der Waals surface area contributed by atoms with Gasteiger partial charge in [-0.1, -0.05) is 13.3 Å². The molecular formula is C12H18N4O3. The minimum absolute atomic E-state index is 0.234. The zero-order chi connectivity index (χ0) is 13.9. The van der Waals surface area contributed by atoms with E-state index in [0.29, 0.717) is 25.8 Å². The van der Waals surface area contributed by atoms with Crippen LogP contribution in [-0.4, -0.2) is 50.4 Å². The molecule has 0 saturated carbocycles. The first-order chi connectivity index (χ1) is 9.09. The van der Waals surface area contributed by atoms with Crippen molar-refractivity contribution in [1.82, 2.24) is 20.3 Å². The molecule has 1 saturated heterocycles. The van der Waals surface area contributed by atoms with Crippen molar-refractivity contribution in [2.75, 3.05) is 13.1 Å². The number of nitrogens with one attached hydrogen (secondary N) is 1. The van der Waals surface area contributed by atoms with Crippen LogP contribution in [0, 0.1) is 5.41 Å². The number of carbonyl (C=O) groups excluding carboxylic acids is 1. The van der Waals surface area contributed by atoms with Gasteiger partial charge in [-0.15, -0.1) is 0 Å². The molecule has 1 unspecified atom stereocenters. The number of piperidine rings is 1. The van der Waals surface area contributed by atoms with E-state index in [0.717, 1.165) is 6.42 Å². The van der Waals surface area contributed by atoms with E-state index in [1.54, 1.807) is 4.90 Å². The molecule has 1 aromatic rings. The number of H-pyrrole nitrogens is 1. The molecule has 1 aliphatic rings. The third-order valence-corrected chi connectivity index (χ3v) is 3.68. The largest absolute Gasteiger partial charge is 0.481 e. The Morgan fingerprint density at radius 3 is 2.95 bits per heavy atom. The second-order valence-corrected chi connectivity index (χ2v) is 5.02. The molecule has 2 rings (SSSR count). The minimum atomic E-state index is -0.813. The second kappa shape index (κ2) is 5.38. The number of hydrogen-bond donors (Lipinski definition) is 2. The maximum absolute atomic E-state index is 12.2. The van der Waals surface area contributed by atoms with Crippen molar-refractivity contribution in [1.29, 1.82) is 0 Å². The Balaban J connectivity index is 2.16. The number of likely N-dealkylation sites (tertiary alicyclic amines) is 1. The first-order valence-corrected chi connectivity index (χ1v) is 6.47. The van der Waals surface area contributed by atoms with Crippen LogP contribution in [0.1, 0.15) is 43.1 Å². The van der Waals surface area contributed by atoms with Crippen molar-refractivity contribution in [3.8, 4) is 0 Å². The summed E-state index contributed by atoms with van der Waals surface area (Å²) < 4.78 is 0. The van der Waals surface area contributed by atoms with Crippen LogP contribution in [-0.2, 0) is 4.79 Å². The molecule has 0 aromatic carbocycles. The van der Waals surface area contributed by atoms with Gasteiger partial charge in [0.25, 0.3) is 5.91 Å². The van der Waals surface area contributed by atoms with Crippen LogP contribution in [0.15, 0.2) is 6.20 Å². The van der Waals surface area contributed by atoms with Crippen LogP contribution >= 0.6 is 0 Å². The van der Waals surface area contributed by atoms with Crippen LogP contribution in [0.3, 0.4) is 0 Å². The van der Waals surface area contributed by atoms with Gasteiger partial charge in [0.1, 0.15) is 0 Å². The first-order valence-electron chi connectivity index (χ1n) is 6.47. The van der Waals surface area contributed by atoms with E-state index in [1.807, 2.05) is 6.92 Å². The summed E-state index contributed by atoms with van der Waals surface area (Å²) in [5.41, 5.74) is -0.579. The van der Waals surface area contributed by atoms with E-state index >= 15 is 0 Å². The zero-order valence-electron chi connectivity index (χ0n) is 10.9. The van der Waals surface area contributed by atoms with Gasteiger partial charge in [0, 0.05) is 13.1 Å². The third-order valence-electron chi connectivity index (χ3n) is 3.68. The number of carboxylic acid groups (broad SMARTS) is 1. The molecule has 0 spiro atoms. The lowest BCUT2D eigenvalue weighted by Crippen LogP contribution is -2.50. The number of aromatic nitrogens is 3. The fraction of sp³-hybridized carbons (Fsp3) is 0.667. The van der Waals surface area contributed by atoms with Crippen LogP contribution in [0.25, 0.3) is 0 Å². The molecule has 2 heterocycles. The number of aliphatic carboxylic acids is 1. The van der Waals surface area contributed by atoms with Crippen molar-refractivity contribution >= 4 is 11.9 Å². The number of aromatic amines is 1. The van der Waals surface area contributed by atoms with Crippen LogP contribution in [0.5, 0.6) is 0 Å². The van der Waals surface area contributed by atoms with E-state index < -0.39 is 11.4 Å². The summed E-state index contributed by atoms with van der Waals surface area (Å²) in [6.07, 6.45) is 4.07. The smallest absolute Gasteiger partial charge is 0.311 e. The Bertz CT molecular complexity index is 456. The summed E-state index contributed by atoms with van der Waals surface area (Å²) in [4.78, 5) is 25.3. The predicted molar refractivity (Wildman–Crippen MR) is 66.5 cm³/mol. The SMILES string of the molecule is CCCC1(C(=O)O)CCCN(C(=O)c2cn[nH]n2)C1. The molecule has 0 bridgehead atoms. The summed E-state index contributed by atoms with van der Waals surface area (Å²) in [6.45, 7) is 2.79. The summed E-state index contributed by atoms with van der Waals surface area (Å²) in [5.74, 6) is -1.07. The summed E-state index contributed by atoms with van der Waals surface area (Å²) in [5, 5.41) is 19.2. The highest BCUT2D eigenvalue weighted by molar-refractivity contribution is 5.92. The van der Waals surface area contributed by atoms with Crippen molar-refractivity contribution < 1.29 is 14.7 Å². The van der Waals surface area contributed by atoms with Gasteiger partial charge in [-0.3, -0.25) is 9.59 Å². The second-order valence-electron chi connectivity index (χ2n) is 5.02. The molecule has 1 aliphatic heterocycles. The van der Waals surface area contributed by atoms with E-state index in [-0.39, 0.29) is 18.1 Å². The Labute approximate surface area is 111 Å². The van der Waals surface area contributed by atoms with Crippen molar-refractivity contribution in [3.63, 3.8) is 0 Å². The van der Waals surface area contributed by atoms with E-state index in [1.165, 1.54) is 6.20 Å². The van der Waals surface area contributed by atoms with E-state index in [2.05, 4.69) is 15.4 Å². The van der Waals surface area contributed by atoms with Crippen molar-refractivity contribution in [3.05, 3.63) is 11.9 Å². The standard InChI is InChI=1S/C12H18N4O3/c1-2-4-12(11(18)19)5-3-6-16(8-12)10(17)9-7-13-15-14-9/h7H,2-6,8H2,1H3,(H,18,19)(H,13,14,15). The maximum atomic E-state index is 12.2. The molecular weight excluding hydrogens is 248 g/mol. The van der Waals surface area contributed by atoms with Gasteiger partial charge in [0.2, 0.25) is 0 Å². The normalized spacial score (nSPS) is 23.3. The lowest BCUT2D eigenvalue weighted by atomic mass is 9.76. The summed E-state index contributed by atoms with van der Waals surface area (Å²) in [6, 6.07) is 0. The Morgan fingerprint density at radius 2 is 2.37 bits per heavy atom. The van der Waals surface area contributed by atoms with E-state index in [4.69, 9.17) is 0 Å². The van der Waals surface area contributed by atoms with Gasteiger partial charge in [-0.05, 0) is 19.3 Å². The molecule has 0 radical (unpaired) electrons. The Hall–Kier alpha value is -1.92. The number of nitrogens with zero attached hydrogens (tertiary/aromatic N) is 3. The first kappa shape index (κ1) is 13.5. The lowest BCUT2D eigenvalue weighted by Gasteiger charge is -2.39. The topological polar surface area (TPSA) is 99.2 Å². The molecule has 1 amide bonds.